The second kappa shape index (κ2) is 9.53. The zero-order valence-electron chi connectivity index (χ0n) is 21.1. The molecular formula is C30H30N4O2. The molecule has 36 heavy (non-hydrogen) atoms. The van der Waals surface area contributed by atoms with Crippen LogP contribution in [0.1, 0.15) is 72.2 Å². The average molecular weight is 479 g/mol. The van der Waals surface area contributed by atoms with Crippen molar-refractivity contribution in [3.63, 3.8) is 0 Å². The standard InChI is InChI=1S/C30H30N4O2/c1-19-5-9-23(10-6-19)27-17-29(33(31-27)21(3)35)25-13-15-26(16-14-25)30-18-28(32-34(30)22(4)36)24-11-7-20(2)8-12-24/h5-16,29-30H,17-18H2,1-4H3. The van der Waals surface area contributed by atoms with Crippen LogP contribution in [0.25, 0.3) is 0 Å². The minimum Gasteiger partial charge on any atom is -0.273 e. The summed E-state index contributed by atoms with van der Waals surface area (Å²) in [5.74, 6) is -0.165. The molecule has 0 bridgehead atoms. The van der Waals surface area contributed by atoms with Gasteiger partial charge in [0.2, 0.25) is 11.8 Å². The monoisotopic (exact) mass is 478 g/mol. The van der Waals surface area contributed by atoms with Crippen molar-refractivity contribution in [2.75, 3.05) is 0 Å². The largest absolute Gasteiger partial charge is 0.273 e. The van der Waals surface area contributed by atoms with E-state index in [1.54, 1.807) is 23.9 Å². The molecule has 2 heterocycles. The first-order valence-corrected chi connectivity index (χ1v) is 12.3. The molecule has 6 nitrogen and oxygen atoms in total. The number of carbonyl (C=O) groups excluding carboxylic acids is 2. The fourth-order valence-electron chi connectivity index (χ4n) is 4.90. The molecule has 2 aliphatic heterocycles. The number of hydrogen-bond donors (Lipinski definition) is 0. The van der Waals surface area contributed by atoms with Gasteiger partial charge in [0.15, 0.2) is 0 Å². The Hall–Kier alpha value is -4.06. The normalized spacial score (nSPS) is 19.3. The van der Waals surface area contributed by atoms with Gasteiger partial charge in [0, 0.05) is 26.7 Å². The van der Waals surface area contributed by atoms with Crippen molar-refractivity contribution >= 4 is 23.2 Å². The van der Waals surface area contributed by atoms with Gasteiger partial charge < -0.3 is 0 Å². The summed E-state index contributed by atoms with van der Waals surface area (Å²) in [6.45, 7) is 7.21. The minimum atomic E-state index is -0.153. The Labute approximate surface area is 211 Å². The van der Waals surface area contributed by atoms with E-state index in [0.29, 0.717) is 12.8 Å². The van der Waals surface area contributed by atoms with Crippen LogP contribution in [0.4, 0.5) is 0 Å². The van der Waals surface area contributed by atoms with E-state index in [4.69, 9.17) is 0 Å². The molecule has 0 fully saturated rings. The van der Waals surface area contributed by atoms with Crippen molar-refractivity contribution in [1.82, 2.24) is 10.0 Å². The van der Waals surface area contributed by atoms with E-state index in [2.05, 4.69) is 72.6 Å². The van der Waals surface area contributed by atoms with Gasteiger partial charge in [-0.05, 0) is 36.1 Å². The van der Waals surface area contributed by atoms with Gasteiger partial charge in [0.05, 0.1) is 23.5 Å². The van der Waals surface area contributed by atoms with Crippen molar-refractivity contribution in [3.8, 4) is 0 Å². The van der Waals surface area contributed by atoms with Crippen molar-refractivity contribution in [3.05, 3.63) is 106 Å². The smallest absolute Gasteiger partial charge is 0.240 e. The third-order valence-electron chi connectivity index (χ3n) is 6.94. The summed E-state index contributed by atoms with van der Waals surface area (Å²) in [5, 5.41) is 12.5. The van der Waals surface area contributed by atoms with Crippen LogP contribution in [-0.2, 0) is 9.59 Å². The Morgan fingerprint density at radius 1 is 0.611 bits per heavy atom. The molecule has 0 saturated heterocycles. The first-order chi connectivity index (χ1) is 17.3. The lowest BCUT2D eigenvalue weighted by atomic mass is 9.94. The lowest BCUT2D eigenvalue weighted by Crippen LogP contribution is -2.25. The summed E-state index contributed by atoms with van der Waals surface area (Å²) in [4.78, 5) is 24.8. The molecule has 0 spiro atoms. The summed E-state index contributed by atoms with van der Waals surface area (Å²) in [7, 11) is 0. The lowest BCUT2D eigenvalue weighted by Gasteiger charge is -2.23. The van der Waals surface area contributed by atoms with Crippen molar-refractivity contribution in [2.24, 2.45) is 10.2 Å². The Kier molecular flexibility index (Phi) is 6.27. The molecule has 2 aliphatic rings. The number of hydrazone groups is 2. The Balaban J connectivity index is 1.37. The van der Waals surface area contributed by atoms with Crippen LogP contribution in [0.5, 0.6) is 0 Å². The molecule has 2 unspecified atom stereocenters. The van der Waals surface area contributed by atoms with E-state index in [1.807, 2.05) is 24.3 Å². The van der Waals surface area contributed by atoms with E-state index in [9.17, 15) is 9.59 Å². The molecule has 3 aromatic carbocycles. The summed E-state index contributed by atoms with van der Waals surface area (Å²) in [5.41, 5.74) is 8.31. The Morgan fingerprint density at radius 3 is 1.25 bits per heavy atom. The van der Waals surface area contributed by atoms with Gasteiger partial charge in [0.1, 0.15) is 0 Å². The molecule has 3 aromatic rings. The molecule has 0 saturated carbocycles. The minimum absolute atomic E-state index is 0.0825. The van der Waals surface area contributed by atoms with Crippen LogP contribution in [0.3, 0.4) is 0 Å². The van der Waals surface area contributed by atoms with Crippen LogP contribution < -0.4 is 0 Å². The van der Waals surface area contributed by atoms with Gasteiger partial charge in [-0.1, -0.05) is 83.9 Å². The second-order valence-electron chi connectivity index (χ2n) is 9.66. The number of rotatable bonds is 4. The summed E-state index contributed by atoms with van der Waals surface area (Å²) >= 11 is 0. The summed E-state index contributed by atoms with van der Waals surface area (Å²) < 4.78 is 0. The number of nitrogens with zero attached hydrogens (tertiary/aromatic N) is 4. The van der Waals surface area contributed by atoms with Crippen LogP contribution in [0.2, 0.25) is 0 Å². The van der Waals surface area contributed by atoms with Gasteiger partial charge >= 0.3 is 0 Å². The fraction of sp³-hybridized carbons (Fsp3) is 0.267. The van der Waals surface area contributed by atoms with Gasteiger partial charge in [-0.15, -0.1) is 0 Å². The molecule has 0 aromatic heterocycles. The van der Waals surface area contributed by atoms with Crippen molar-refractivity contribution < 1.29 is 9.59 Å². The van der Waals surface area contributed by atoms with Crippen molar-refractivity contribution in [2.45, 2.75) is 52.6 Å². The molecule has 0 aliphatic carbocycles. The average Bonchev–Trinajstić information content (AvgIpc) is 3.51. The predicted octanol–water partition coefficient (Wildman–Crippen LogP) is 5.70. The highest BCUT2D eigenvalue weighted by atomic mass is 16.2. The molecule has 0 radical (unpaired) electrons. The highest BCUT2D eigenvalue weighted by Gasteiger charge is 2.33. The third-order valence-corrected chi connectivity index (χ3v) is 6.94. The summed E-state index contributed by atoms with van der Waals surface area (Å²) in [6.07, 6.45) is 1.32. The van der Waals surface area contributed by atoms with E-state index < -0.39 is 0 Å². The van der Waals surface area contributed by atoms with Gasteiger partial charge in [-0.3, -0.25) is 9.59 Å². The number of benzene rings is 3. The van der Waals surface area contributed by atoms with Crippen LogP contribution in [0.15, 0.2) is 83.0 Å². The van der Waals surface area contributed by atoms with E-state index >= 15 is 0 Å². The Bertz CT molecular complexity index is 1250. The molecule has 2 amide bonds. The third kappa shape index (κ3) is 4.59. The molecular weight excluding hydrogens is 448 g/mol. The quantitative estimate of drug-likeness (QED) is 0.483. The number of amides is 2. The molecule has 0 N–H and O–H groups in total. The van der Waals surface area contributed by atoms with Crippen LogP contribution in [0, 0.1) is 13.8 Å². The van der Waals surface area contributed by atoms with E-state index in [-0.39, 0.29) is 23.9 Å². The predicted molar refractivity (Wildman–Crippen MR) is 142 cm³/mol. The van der Waals surface area contributed by atoms with Gasteiger partial charge in [-0.2, -0.15) is 10.2 Å². The van der Waals surface area contributed by atoms with Crippen LogP contribution >= 0.6 is 0 Å². The maximum Gasteiger partial charge on any atom is 0.240 e. The van der Waals surface area contributed by atoms with Crippen molar-refractivity contribution in [1.29, 1.82) is 0 Å². The zero-order chi connectivity index (χ0) is 25.4. The molecule has 182 valence electrons. The van der Waals surface area contributed by atoms with E-state index in [1.165, 1.54) is 11.1 Å². The summed E-state index contributed by atoms with van der Waals surface area (Å²) in [6, 6.07) is 24.4. The zero-order valence-corrected chi connectivity index (χ0v) is 21.1. The van der Waals surface area contributed by atoms with Crippen LogP contribution in [-0.4, -0.2) is 33.3 Å². The van der Waals surface area contributed by atoms with Gasteiger partial charge in [-0.25, -0.2) is 10.0 Å². The second-order valence-corrected chi connectivity index (χ2v) is 9.66. The maximum atomic E-state index is 12.4. The topological polar surface area (TPSA) is 65.3 Å². The highest BCUT2D eigenvalue weighted by Crippen LogP contribution is 2.36. The lowest BCUT2D eigenvalue weighted by molar-refractivity contribution is -0.131. The van der Waals surface area contributed by atoms with E-state index in [0.717, 1.165) is 33.7 Å². The highest BCUT2D eigenvalue weighted by molar-refractivity contribution is 6.03. The molecule has 5 rings (SSSR count). The fourth-order valence-corrected chi connectivity index (χ4v) is 4.90. The maximum absolute atomic E-state index is 12.4. The first kappa shape index (κ1) is 23.7. The first-order valence-electron chi connectivity index (χ1n) is 12.3. The number of aryl methyl sites for hydroxylation is 2. The molecule has 2 atom stereocenters. The SMILES string of the molecule is CC(=O)N1N=C(c2ccc(C)cc2)CC1c1ccc(C2CC(c3ccc(C)cc3)=NN2C(C)=O)cc1. The van der Waals surface area contributed by atoms with Gasteiger partial charge in [0.25, 0.3) is 0 Å². The molecule has 6 heteroatoms. The number of carbonyl (C=O) groups is 2. The number of hydrogen-bond acceptors (Lipinski definition) is 4. The Morgan fingerprint density at radius 2 is 0.944 bits per heavy atom.